The molecule has 62 valence electrons. The van der Waals surface area contributed by atoms with Crippen LogP contribution in [-0.2, 0) is 0 Å². The van der Waals surface area contributed by atoms with Gasteiger partial charge >= 0.3 is 0 Å². The maximum atomic E-state index is 2.56. The quantitative estimate of drug-likeness (QED) is 0.639. The third-order valence-corrected chi connectivity index (χ3v) is 2.12. The lowest BCUT2D eigenvalue weighted by Crippen LogP contribution is -2.35. The van der Waals surface area contributed by atoms with E-state index >= 15 is 0 Å². The van der Waals surface area contributed by atoms with E-state index in [0.717, 1.165) is 6.04 Å². The van der Waals surface area contributed by atoms with E-state index in [1.807, 2.05) is 0 Å². The van der Waals surface area contributed by atoms with Crippen molar-refractivity contribution in [1.82, 2.24) is 4.90 Å². The minimum Gasteiger partial charge on any atom is -0.301 e. The Hall–Kier alpha value is 0.440. The maximum absolute atomic E-state index is 2.56. The Bertz CT molecular complexity index is 77.3. The minimum atomic E-state index is 0. The summed E-state index contributed by atoms with van der Waals surface area (Å²) in [6, 6.07) is 0.769. The first kappa shape index (κ1) is 10.4. The first-order valence-electron chi connectivity index (χ1n) is 4.05. The summed E-state index contributed by atoms with van der Waals surface area (Å²) in [7, 11) is 0. The summed E-state index contributed by atoms with van der Waals surface area (Å²) < 4.78 is 0. The van der Waals surface area contributed by atoms with Crippen LogP contribution in [0.2, 0.25) is 0 Å². The van der Waals surface area contributed by atoms with Crippen LogP contribution in [0.15, 0.2) is 0 Å². The summed E-state index contributed by atoms with van der Waals surface area (Å²) in [4.78, 5) is 2.56. The Labute approximate surface area is 74.6 Å². The van der Waals surface area contributed by atoms with Gasteiger partial charge in [0.2, 0.25) is 0 Å². The average Bonchev–Trinajstić information content (AvgIpc) is 1.90. The molecule has 0 saturated carbocycles. The second kappa shape index (κ2) is 5.14. The molecule has 1 fully saturated rings. The van der Waals surface area contributed by atoms with Crippen LogP contribution in [-0.4, -0.2) is 24.0 Å². The summed E-state index contributed by atoms with van der Waals surface area (Å²) in [5, 5.41) is 0. The topological polar surface area (TPSA) is 3.24 Å². The van der Waals surface area contributed by atoms with Crippen molar-refractivity contribution in [3.8, 4) is 0 Å². The number of likely N-dealkylation sites (tertiary alicyclic amines) is 1. The molecule has 0 spiro atoms. The SMILES string of the molecule is Br.CC(C)N1CCCCC1. The highest BCUT2D eigenvalue weighted by Crippen LogP contribution is 2.10. The molecule has 0 aromatic rings. The molecule has 0 aromatic heterocycles. The van der Waals surface area contributed by atoms with Crippen LogP contribution in [0.1, 0.15) is 33.1 Å². The van der Waals surface area contributed by atoms with Gasteiger partial charge in [0.15, 0.2) is 0 Å². The molecule has 2 heteroatoms. The molecular weight excluding hydrogens is 190 g/mol. The van der Waals surface area contributed by atoms with Crippen LogP contribution in [0.3, 0.4) is 0 Å². The van der Waals surface area contributed by atoms with E-state index in [2.05, 4.69) is 18.7 Å². The third kappa shape index (κ3) is 3.02. The van der Waals surface area contributed by atoms with Gasteiger partial charge in [0, 0.05) is 6.04 Å². The normalized spacial score (nSPS) is 20.7. The molecule has 0 aromatic carbocycles. The lowest BCUT2D eigenvalue weighted by Gasteiger charge is -2.29. The van der Waals surface area contributed by atoms with Gasteiger partial charge in [-0.2, -0.15) is 0 Å². The molecule has 0 radical (unpaired) electrons. The zero-order valence-electron chi connectivity index (χ0n) is 6.97. The van der Waals surface area contributed by atoms with Crippen molar-refractivity contribution in [3.63, 3.8) is 0 Å². The predicted octanol–water partition coefficient (Wildman–Crippen LogP) is 2.46. The summed E-state index contributed by atoms with van der Waals surface area (Å²) in [6.45, 7) is 7.23. The van der Waals surface area contributed by atoms with Crippen molar-refractivity contribution >= 4 is 17.0 Å². The number of rotatable bonds is 1. The van der Waals surface area contributed by atoms with Gasteiger partial charge in [0.05, 0.1) is 0 Å². The zero-order valence-corrected chi connectivity index (χ0v) is 8.68. The van der Waals surface area contributed by atoms with Crippen molar-refractivity contribution in [2.24, 2.45) is 0 Å². The molecule has 0 atom stereocenters. The van der Waals surface area contributed by atoms with Gasteiger partial charge in [-0.1, -0.05) is 6.42 Å². The molecule has 1 nitrogen and oxygen atoms in total. The number of halogens is 1. The van der Waals surface area contributed by atoms with Crippen molar-refractivity contribution in [1.29, 1.82) is 0 Å². The Morgan fingerprint density at radius 2 is 1.50 bits per heavy atom. The first-order chi connectivity index (χ1) is 4.30. The van der Waals surface area contributed by atoms with Crippen molar-refractivity contribution in [2.45, 2.75) is 39.2 Å². The maximum Gasteiger partial charge on any atom is 0.00385 e. The molecule has 10 heavy (non-hydrogen) atoms. The van der Waals surface area contributed by atoms with Gasteiger partial charge in [0.1, 0.15) is 0 Å². The first-order valence-corrected chi connectivity index (χ1v) is 4.05. The van der Waals surface area contributed by atoms with Crippen LogP contribution in [0.25, 0.3) is 0 Å². The fraction of sp³-hybridized carbons (Fsp3) is 1.00. The van der Waals surface area contributed by atoms with E-state index in [4.69, 9.17) is 0 Å². The van der Waals surface area contributed by atoms with Gasteiger partial charge in [-0.25, -0.2) is 0 Å². The monoisotopic (exact) mass is 207 g/mol. The zero-order chi connectivity index (χ0) is 6.69. The fourth-order valence-corrected chi connectivity index (χ4v) is 1.43. The highest BCUT2D eigenvalue weighted by Gasteiger charge is 2.11. The molecule has 0 N–H and O–H groups in total. The van der Waals surface area contributed by atoms with E-state index < -0.39 is 0 Å². The smallest absolute Gasteiger partial charge is 0.00385 e. The number of hydrogen-bond acceptors (Lipinski definition) is 1. The molecule has 0 unspecified atom stereocenters. The molecule has 1 heterocycles. The third-order valence-electron chi connectivity index (χ3n) is 2.12. The molecule has 0 bridgehead atoms. The van der Waals surface area contributed by atoms with E-state index in [9.17, 15) is 0 Å². The minimum absolute atomic E-state index is 0. The van der Waals surface area contributed by atoms with Crippen LogP contribution >= 0.6 is 17.0 Å². The second-order valence-corrected chi connectivity index (χ2v) is 3.19. The molecule has 0 amide bonds. The van der Waals surface area contributed by atoms with E-state index in [1.54, 1.807) is 0 Å². The molecule has 1 aliphatic heterocycles. The van der Waals surface area contributed by atoms with Crippen molar-refractivity contribution < 1.29 is 0 Å². The fourth-order valence-electron chi connectivity index (χ4n) is 1.43. The van der Waals surface area contributed by atoms with Crippen LogP contribution < -0.4 is 0 Å². The lowest BCUT2D eigenvalue weighted by molar-refractivity contribution is 0.185. The predicted molar refractivity (Wildman–Crippen MR) is 50.9 cm³/mol. The van der Waals surface area contributed by atoms with Gasteiger partial charge in [-0.3, -0.25) is 0 Å². The van der Waals surface area contributed by atoms with E-state index in [-0.39, 0.29) is 17.0 Å². The van der Waals surface area contributed by atoms with Crippen molar-refractivity contribution in [3.05, 3.63) is 0 Å². The highest BCUT2D eigenvalue weighted by atomic mass is 79.9. The standard InChI is InChI=1S/C8H17N.BrH/c1-8(2)9-6-4-3-5-7-9;/h8H,3-7H2,1-2H3;1H. The molecular formula is C8H18BrN. The number of piperidine rings is 1. The second-order valence-electron chi connectivity index (χ2n) is 3.19. The summed E-state index contributed by atoms with van der Waals surface area (Å²) in [5.74, 6) is 0. The summed E-state index contributed by atoms with van der Waals surface area (Å²) >= 11 is 0. The Kier molecular flexibility index (Phi) is 5.36. The van der Waals surface area contributed by atoms with Crippen molar-refractivity contribution in [2.75, 3.05) is 13.1 Å². The molecule has 0 aliphatic carbocycles. The Morgan fingerprint density at radius 3 is 1.80 bits per heavy atom. The van der Waals surface area contributed by atoms with E-state index in [0.29, 0.717) is 0 Å². The Balaban J connectivity index is 0.000000810. The van der Waals surface area contributed by atoms with Crippen LogP contribution in [0.4, 0.5) is 0 Å². The molecule has 1 saturated heterocycles. The molecule has 1 rings (SSSR count). The molecule has 1 aliphatic rings. The van der Waals surface area contributed by atoms with E-state index in [1.165, 1.54) is 32.4 Å². The largest absolute Gasteiger partial charge is 0.301 e. The van der Waals surface area contributed by atoms with Gasteiger partial charge in [-0.15, -0.1) is 17.0 Å². The van der Waals surface area contributed by atoms with Crippen LogP contribution in [0, 0.1) is 0 Å². The summed E-state index contributed by atoms with van der Waals surface area (Å²) in [6.07, 6.45) is 4.28. The average molecular weight is 208 g/mol. The van der Waals surface area contributed by atoms with Crippen LogP contribution in [0.5, 0.6) is 0 Å². The number of hydrogen-bond donors (Lipinski definition) is 0. The van der Waals surface area contributed by atoms with Gasteiger partial charge in [-0.05, 0) is 39.8 Å². The van der Waals surface area contributed by atoms with Gasteiger partial charge in [0.25, 0.3) is 0 Å². The van der Waals surface area contributed by atoms with Gasteiger partial charge < -0.3 is 4.90 Å². The Morgan fingerprint density at radius 1 is 1.00 bits per heavy atom. The lowest BCUT2D eigenvalue weighted by atomic mass is 10.1. The number of nitrogens with zero attached hydrogens (tertiary/aromatic N) is 1. The summed E-state index contributed by atoms with van der Waals surface area (Å²) in [5.41, 5.74) is 0. The highest BCUT2D eigenvalue weighted by molar-refractivity contribution is 8.93.